The van der Waals surface area contributed by atoms with Crippen molar-refractivity contribution in [3.63, 3.8) is 0 Å². The van der Waals surface area contributed by atoms with Gasteiger partial charge in [0.05, 0.1) is 5.92 Å². The molecule has 102 valence electrons. The summed E-state index contributed by atoms with van der Waals surface area (Å²) in [5, 5.41) is 11.9. The predicted octanol–water partition coefficient (Wildman–Crippen LogP) is 1.82. The molecule has 18 heavy (non-hydrogen) atoms. The van der Waals surface area contributed by atoms with Gasteiger partial charge in [-0.15, -0.1) is 0 Å². The van der Waals surface area contributed by atoms with Gasteiger partial charge in [-0.2, -0.15) is 0 Å². The summed E-state index contributed by atoms with van der Waals surface area (Å²) in [6.45, 7) is 2.87. The highest BCUT2D eigenvalue weighted by molar-refractivity contribution is 5.76. The van der Waals surface area contributed by atoms with Crippen LogP contribution in [0.1, 0.15) is 45.4 Å². The van der Waals surface area contributed by atoms with Gasteiger partial charge in [0, 0.05) is 18.6 Å². The summed E-state index contributed by atoms with van der Waals surface area (Å²) in [6.07, 6.45) is 5.22. The fraction of sp³-hybridized carbons (Fsp3) is 0.846. The molecule has 2 amide bonds. The monoisotopic (exact) mass is 254 g/mol. The lowest BCUT2D eigenvalue weighted by atomic mass is 10.1. The summed E-state index contributed by atoms with van der Waals surface area (Å²) in [7, 11) is 0. The average Bonchev–Trinajstić information content (AvgIpc) is 3.05. The van der Waals surface area contributed by atoms with Gasteiger partial charge in [-0.3, -0.25) is 4.79 Å². The molecule has 2 aliphatic rings. The Hall–Kier alpha value is -1.26. The molecule has 2 aliphatic carbocycles. The van der Waals surface area contributed by atoms with Crippen LogP contribution in [0.5, 0.6) is 0 Å². The molecule has 2 unspecified atom stereocenters. The Balaban J connectivity index is 1.81. The van der Waals surface area contributed by atoms with Crippen LogP contribution in [0, 0.1) is 5.92 Å². The highest BCUT2D eigenvalue weighted by Crippen LogP contribution is 2.29. The number of carbonyl (C=O) groups excluding carboxylic acids is 1. The van der Waals surface area contributed by atoms with Crippen LogP contribution >= 0.6 is 0 Å². The lowest BCUT2D eigenvalue weighted by Gasteiger charge is -2.24. The number of nitrogens with one attached hydrogen (secondary N) is 1. The normalized spacial score (nSPS) is 26.9. The minimum Gasteiger partial charge on any atom is -0.481 e. The standard InChI is InChI=1S/C13H22N2O3/c1-2-7-15(11-5-6-11)13(18)14-10-4-3-9(8-10)12(16)17/h9-11H,2-8H2,1H3,(H,14,18)(H,16,17). The lowest BCUT2D eigenvalue weighted by molar-refractivity contribution is -0.141. The van der Waals surface area contributed by atoms with E-state index in [1.807, 2.05) is 4.90 Å². The van der Waals surface area contributed by atoms with Crippen molar-refractivity contribution in [1.29, 1.82) is 0 Å². The molecule has 5 heteroatoms. The van der Waals surface area contributed by atoms with E-state index in [0.717, 1.165) is 32.2 Å². The maximum absolute atomic E-state index is 12.1. The number of urea groups is 1. The number of hydrogen-bond acceptors (Lipinski definition) is 2. The maximum Gasteiger partial charge on any atom is 0.317 e. The number of hydrogen-bond donors (Lipinski definition) is 2. The molecule has 0 aromatic heterocycles. The Labute approximate surface area is 108 Å². The van der Waals surface area contributed by atoms with Crippen LogP contribution in [0.4, 0.5) is 4.79 Å². The van der Waals surface area contributed by atoms with E-state index < -0.39 is 5.97 Å². The van der Waals surface area contributed by atoms with Crippen LogP contribution in [-0.4, -0.2) is 40.6 Å². The number of carbonyl (C=O) groups is 2. The molecular weight excluding hydrogens is 232 g/mol. The fourth-order valence-corrected chi connectivity index (χ4v) is 2.67. The van der Waals surface area contributed by atoms with E-state index >= 15 is 0 Å². The number of carboxylic acids is 1. The van der Waals surface area contributed by atoms with E-state index in [2.05, 4.69) is 12.2 Å². The van der Waals surface area contributed by atoms with Crippen molar-refractivity contribution in [2.24, 2.45) is 5.92 Å². The molecule has 2 fully saturated rings. The molecule has 0 aromatic carbocycles. The molecule has 0 aromatic rings. The molecule has 0 aliphatic heterocycles. The maximum atomic E-state index is 12.1. The van der Waals surface area contributed by atoms with Gasteiger partial charge in [-0.05, 0) is 38.5 Å². The smallest absolute Gasteiger partial charge is 0.317 e. The van der Waals surface area contributed by atoms with Crippen LogP contribution in [0.25, 0.3) is 0 Å². The van der Waals surface area contributed by atoms with E-state index in [1.165, 1.54) is 0 Å². The molecule has 0 saturated heterocycles. The van der Waals surface area contributed by atoms with Crippen molar-refractivity contribution in [2.75, 3.05) is 6.54 Å². The highest BCUT2D eigenvalue weighted by atomic mass is 16.4. The van der Waals surface area contributed by atoms with Crippen molar-refractivity contribution in [2.45, 2.75) is 57.5 Å². The van der Waals surface area contributed by atoms with Gasteiger partial charge < -0.3 is 15.3 Å². The third-order valence-corrected chi connectivity index (χ3v) is 3.82. The topological polar surface area (TPSA) is 69.6 Å². The second kappa shape index (κ2) is 5.59. The third kappa shape index (κ3) is 3.15. The molecular formula is C13H22N2O3. The van der Waals surface area contributed by atoms with Gasteiger partial charge in [0.1, 0.15) is 0 Å². The zero-order valence-corrected chi connectivity index (χ0v) is 10.9. The Morgan fingerprint density at radius 3 is 2.50 bits per heavy atom. The first-order chi connectivity index (χ1) is 8.61. The second-order valence-electron chi connectivity index (χ2n) is 5.42. The largest absolute Gasteiger partial charge is 0.481 e. The minimum absolute atomic E-state index is 0.00427. The predicted molar refractivity (Wildman–Crippen MR) is 67.3 cm³/mol. The molecule has 0 heterocycles. The van der Waals surface area contributed by atoms with Crippen LogP contribution in [0.2, 0.25) is 0 Å². The molecule has 5 nitrogen and oxygen atoms in total. The van der Waals surface area contributed by atoms with Gasteiger partial charge >= 0.3 is 12.0 Å². The van der Waals surface area contributed by atoms with Gasteiger partial charge in [-0.25, -0.2) is 4.79 Å². The summed E-state index contributed by atoms with van der Waals surface area (Å²) in [5.74, 6) is -1.02. The number of aliphatic carboxylic acids is 1. The van der Waals surface area contributed by atoms with E-state index in [1.54, 1.807) is 0 Å². The fourth-order valence-electron chi connectivity index (χ4n) is 2.67. The van der Waals surface area contributed by atoms with E-state index in [9.17, 15) is 9.59 Å². The van der Waals surface area contributed by atoms with E-state index in [-0.39, 0.29) is 18.0 Å². The lowest BCUT2D eigenvalue weighted by Crippen LogP contribution is -2.45. The zero-order valence-electron chi connectivity index (χ0n) is 10.9. The number of amides is 2. The molecule has 0 radical (unpaired) electrons. The molecule has 0 bridgehead atoms. The minimum atomic E-state index is -0.737. The summed E-state index contributed by atoms with van der Waals surface area (Å²) in [6, 6.07) is 0.453. The zero-order chi connectivity index (χ0) is 13.1. The number of rotatable bonds is 5. The Bertz CT molecular complexity index is 328. The van der Waals surface area contributed by atoms with Crippen LogP contribution < -0.4 is 5.32 Å². The van der Waals surface area contributed by atoms with Gasteiger partial charge in [0.15, 0.2) is 0 Å². The third-order valence-electron chi connectivity index (χ3n) is 3.82. The first kappa shape index (κ1) is 13.2. The second-order valence-corrected chi connectivity index (χ2v) is 5.42. The molecule has 0 spiro atoms. The van der Waals surface area contributed by atoms with Gasteiger partial charge in [-0.1, -0.05) is 6.92 Å². The summed E-state index contributed by atoms with van der Waals surface area (Å²) in [4.78, 5) is 24.9. The van der Waals surface area contributed by atoms with Crippen molar-refractivity contribution in [3.8, 4) is 0 Å². The van der Waals surface area contributed by atoms with Gasteiger partial charge in [0.25, 0.3) is 0 Å². The Morgan fingerprint density at radius 2 is 2.00 bits per heavy atom. The molecule has 2 saturated carbocycles. The summed E-state index contributed by atoms with van der Waals surface area (Å²) >= 11 is 0. The number of carboxylic acid groups (broad SMARTS) is 1. The first-order valence-electron chi connectivity index (χ1n) is 6.91. The van der Waals surface area contributed by atoms with Crippen LogP contribution in [0.15, 0.2) is 0 Å². The van der Waals surface area contributed by atoms with Crippen molar-refractivity contribution in [3.05, 3.63) is 0 Å². The van der Waals surface area contributed by atoms with Crippen LogP contribution in [-0.2, 0) is 4.79 Å². The van der Waals surface area contributed by atoms with Gasteiger partial charge in [0.2, 0.25) is 0 Å². The van der Waals surface area contributed by atoms with Crippen LogP contribution in [0.3, 0.4) is 0 Å². The Morgan fingerprint density at radius 1 is 1.28 bits per heavy atom. The first-order valence-corrected chi connectivity index (χ1v) is 6.91. The molecule has 2 rings (SSSR count). The average molecular weight is 254 g/mol. The molecule has 2 atom stereocenters. The SMILES string of the molecule is CCCN(C(=O)NC1CCC(C(=O)O)C1)C1CC1. The summed E-state index contributed by atoms with van der Waals surface area (Å²) < 4.78 is 0. The van der Waals surface area contributed by atoms with Crippen molar-refractivity contribution in [1.82, 2.24) is 10.2 Å². The van der Waals surface area contributed by atoms with E-state index in [0.29, 0.717) is 18.9 Å². The number of nitrogens with zero attached hydrogens (tertiary/aromatic N) is 1. The van der Waals surface area contributed by atoms with Crippen molar-refractivity contribution < 1.29 is 14.7 Å². The highest BCUT2D eigenvalue weighted by Gasteiger charge is 2.35. The van der Waals surface area contributed by atoms with Crippen molar-refractivity contribution >= 4 is 12.0 Å². The summed E-state index contributed by atoms with van der Waals surface area (Å²) in [5.41, 5.74) is 0. The molecule has 2 N–H and O–H groups in total. The van der Waals surface area contributed by atoms with E-state index in [4.69, 9.17) is 5.11 Å². The Kier molecular flexibility index (Phi) is 4.09. The quantitative estimate of drug-likeness (QED) is 0.786.